The first kappa shape index (κ1) is 14.5. The molecule has 8 nitrogen and oxygen atoms in total. The van der Waals surface area contributed by atoms with Crippen molar-refractivity contribution < 1.29 is 19.6 Å². The average Bonchev–Trinajstić information content (AvgIpc) is 2.47. The van der Waals surface area contributed by atoms with E-state index in [2.05, 4.69) is 9.97 Å². The van der Waals surface area contributed by atoms with Crippen molar-refractivity contribution in [3.63, 3.8) is 0 Å². The van der Waals surface area contributed by atoms with Crippen molar-refractivity contribution in [1.82, 2.24) is 9.97 Å². The molecule has 1 fully saturated rings. The van der Waals surface area contributed by atoms with Gasteiger partial charge in [0.15, 0.2) is 11.6 Å². The summed E-state index contributed by atoms with van der Waals surface area (Å²) in [5, 5.41) is 18.2. The number of ether oxygens (including phenoxy) is 1. The van der Waals surface area contributed by atoms with Crippen LogP contribution in [0.25, 0.3) is 0 Å². The van der Waals surface area contributed by atoms with Gasteiger partial charge in [-0.2, -0.15) is 0 Å². The summed E-state index contributed by atoms with van der Waals surface area (Å²) in [4.78, 5) is 21.4. The molecular formula is C11H17BN4O4. The van der Waals surface area contributed by atoms with Gasteiger partial charge in [0.1, 0.15) is 0 Å². The molecule has 108 valence electrons. The number of nitrogens with zero attached hydrogens (tertiary/aromatic N) is 3. The average molecular weight is 280 g/mol. The molecule has 0 amide bonds. The molecule has 1 aromatic heterocycles. The third-order valence-corrected chi connectivity index (χ3v) is 3.39. The fraction of sp³-hybridized carbons (Fsp3) is 0.545. The molecule has 2 rings (SSSR count). The van der Waals surface area contributed by atoms with Crippen molar-refractivity contribution in [3.05, 3.63) is 6.20 Å². The number of piperidine rings is 1. The summed E-state index contributed by atoms with van der Waals surface area (Å²) in [5.41, 5.74) is 5.82. The molecule has 0 aromatic carbocycles. The summed E-state index contributed by atoms with van der Waals surface area (Å²) in [6, 6.07) is 0. The number of rotatable bonds is 3. The fourth-order valence-corrected chi connectivity index (χ4v) is 2.25. The molecule has 9 heteroatoms. The highest BCUT2D eigenvalue weighted by atomic mass is 16.5. The Balaban J connectivity index is 2.10. The topological polar surface area (TPSA) is 122 Å². The first-order valence-electron chi connectivity index (χ1n) is 6.34. The summed E-state index contributed by atoms with van der Waals surface area (Å²) in [7, 11) is -0.306. The molecule has 0 saturated carbocycles. The largest absolute Gasteiger partial charge is 0.509 e. The quantitative estimate of drug-likeness (QED) is 0.435. The zero-order valence-electron chi connectivity index (χ0n) is 11.2. The minimum absolute atomic E-state index is 0.0456. The van der Waals surface area contributed by atoms with Crippen LogP contribution in [0.5, 0.6) is 0 Å². The molecule has 20 heavy (non-hydrogen) atoms. The van der Waals surface area contributed by atoms with Crippen LogP contribution in [-0.4, -0.2) is 53.3 Å². The molecule has 0 spiro atoms. The molecule has 1 aliphatic heterocycles. The Morgan fingerprint density at radius 3 is 2.70 bits per heavy atom. The van der Waals surface area contributed by atoms with Crippen LogP contribution >= 0.6 is 0 Å². The van der Waals surface area contributed by atoms with E-state index in [0.717, 1.165) is 0 Å². The standard InChI is InChI=1S/C11H17BN4O4/c1-20-11(17)7-2-4-16(5-3-7)10-9(13)14-6-8(15-10)12(18)19/h6-7,18-19H,2-5H2,1H3,(H2,13,14). The van der Waals surface area contributed by atoms with Crippen LogP contribution in [0.3, 0.4) is 0 Å². The maximum atomic E-state index is 11.5. The number of anilines is 2. The van der Waals surface area contributed by atoms with Gasteiger partial charge in [0, 0.05) is 19.3 Å². The summed E-state index contributed by atoms with van der Waals surface area (Å²) in [6.07, 6.45) is 2.50. The van der Waals surface area contributed by atoms with Gasteiger partial charge in [-0.3, -0.25) is 4.79 Å². The zero-order valence-corrected chi connectivity index (χ0v) is 11.2. The van der Waals surface area contributed by atoms with Gasteiger partial charge in [-0.05, 0) is 12.8 Å². The van der Waals surface area contributed by atoms with Crippen molar-refractivity contribution in [2.24, 2.45) is 5.92 Å². The van der Waals surface area contributed by atoms with Crippen LogP contribution in [0.4, 0.5) is 11.6 Å². The summed E-state index contributed by atoms with van der Waals surface area (Å²) in [5.74, 6) is 0.324. The molecule has 1 aromatic rings. The molecule has 0 radical (unpaired) electrons. The molecule has 0 atom stereocenters. The maximum Gasteiger partial charge on any atom is 0.509 e. The van der Waals surface area contributed by atoms with Gasteiger partial charge in [-0.15, -0.1) is 0 Å². The smallest absolute Gasteiger partial charge is 0.469 e. The molecule has 0 unspecified atom stereocenters. The van der Waals surface area contributed by atoms with Crippen molar-refractivity contribution in [1.29, 1.82) is 0 Å². The highest BCUT2D eigenvalue weighted by Gasteiger charge is 2.28. The van der Waals surface area contributed by atoms with Crippen LogP contribution in [0.15, 0.2) is 6.20 Å². The van der Waals surface area contributed by atoms with Gasteiger partial charge in [0.05, 0.1) is 18.6 Å². The number of aromatic nitrogens is 2. The Bertz CT molecular complexity index is 491. The van der Waals surface area contributed by atoms with E-state index >= 15 is 0 Å². The number of nitrogens with two attached hydrogens (primary N) is 1. The second-order valence-electron chi connectivity index (χ2n) is 4.66. The number of hydrogen-bond acceptors (Lipinski definition) is 8. The van der Waals surface area contributed by atoms with E-state index in [1.807, 2.05) is 4.90 Å². The molecular weight excluding hydrogens is 263 g/mol. The van der Waals surface area contributed by atoms with Gasteiger partial charge in [0.2, 0.25) is 0 Å². The Morgan fingerprint density at radius 2 is 2.15 bits per heavy atom. The Labute approximate surface area is 116 Å². The molecule has 2 heterocycles. The lowest BCUT2D eigenvalue weighted by molar-refractivity contribution is -0.146. The van der Waals surface area contributed by atoms with E-state index in [1.165, 1.54) is 13.3 Å². The summed E-state index contributed by atoms with van der Waals surface area (Å²) in [6.45, 7) is 1.17. The highest BCUT2D eigenvalue weighted by Crippen LogP contribution is 2.24. The van der Waals surface area contributed by atoms with Crippen LogP contribution in [0.1, 0.15) is 12.8 Å². The normalized spacial score (nSPS) is 16.1. The third kappa shape index (κ3) is 2.99. The van der Waals surface area contributed by atoms with Crippen LogP contribution in [0.2, 0.25) is 0 Å². The lowest BCUT2D eigenvalue weighted by atomic mass is 9.87. The lowest BCUT2D eigenvalue weighted by Gasteiger charge is -2.32. The van der Waals surface area contributed by atoms with Crippen LogP contribution in [-0.2, 0) is 9.53 Å². The molecule has 0 bridgehead atoms. The monoisotopic (exact) mass is 280 g/mol. The molecule has 1 saturated heterocycles. The summed E-state index contributed by atoms with van der Waals surface area (Å²) >= 11 is 0. The second-order valence-corrected chi connectivity index (χ2v) is 4.66. The molecule has 4 N–H and O–H groups in total. The van der Waals surface area contributed by atoms with Crippen molar-refractivity contribution in [2.75, 3.05) is 30.8 Å². The number of nitrogen functional groups attached to an aromatic ring is 1. The fourth-order valence-electron chi connectivity index (χ4n) is 2.25. The minimum Gasteiger partial charge on any atom is -0.469 e. The highest BCUT2D eigenvalue weighted by molar-refractivity contribution is 6.57. The van der Waals surface area contributed by atoms with Crippen molar-refractivity contribution in [2.45, 2.75) is 12.8 Å². The number of carbonyl (C=O) groups is 1. The first-order valence-corrected chi connectivity index (χ1v) is 6.34. The SMILES string of the molecule is COC(=O)C1CCN(c2nc(B(O)O)cnc2N)CC1. The van der Waals surface area contributed by atoms with E-state index in [1.54, 1.807) is 0 Å². The van der Waals surface area contributed by atoms with E-state index in [4.69, 9.17) is 20.5 Å². The first-order chi connectivity index (χ1) is 9.52. The Morgan fingerprint density at radius 1 is 1.50 bits per heavy atom. The zero-order chi connectivity index (χ0) is 14.7. The number of esters is 1. The Kier molecular flexibility index (Phi) is 4.41. The second kappa shape index (κ2) is 6.06. The van der Waals surface area contributed by atoms with Crippen molar-refractivity contribution >= 4 is 30.3 Å². The predicted octanol–water partition coefficient (Wildman–Crippen LogP) is -1.87. The van der Waals surface area contributed by atoms with E-state index < -0.39 is 7.12 Å². The van der Waals surface area contributed by atoms with Gasteiger partial charge in [0.25, 0.3) is 0 Å². The molecule has 0 aliphatic carbocycles. The maximum absolute atomic E-state index is 11.5. The van der Waals surface area contributed by atoms with E-state index in [-0.39, 0.29) is 23.3 Å². The van der Waals surface area contributed by atoms with Gasteiger partial charge >= 0.3 is 13.1 Å². The Hall–Kier alpha value is -1.87. The van der Waals surface area contributed by atoms with Gasteiger partial charge < -0.3 is 25.4 Å². The van der Waals surface area contributed by atoms with E-state index in [9.17, 15) is 4.79 Å². The van der Waals surface area contributed by atoms with Crippen molar-refractivity contribution in [3.8, 4) is 0 Å². The van der Waals surface area contributed by atoms with Crippen LogP contribution in [0, 0.1) is 5.92 Å². The molecule has 1 aliphatic rings. The number of carbonyl (C=O) groups excluding carboxylic acids is 1. The number of methoxy groups -OCH3 is 1. The van der Waals surface area contributed by atoms with Crippen LogP contribution < -0.4 is 16.2 Å². The lowest BCUT2D eigenvalue weighted by Crippen LogP contribution is -2.40. The predicted molar refractivity (Wildman–Crippen MR) is 73.2 cm³/mol. The summed E-state index contributed by atoms with van der Waals surface area (Å²) < 4.78 is 4.73. The van der Waals surface area contributed by atoms with Gasteiger partial charge in [-0.1, -0.05) is 0 Å². The minimum atomic E-state index is -1.69. The number of hydrogen-bond donors (Lipinski definition) is 3. The van der Waals surface area contributed by atoms with Gasteiger partial charge in [-0.25, -0.2) is 9.97 Å². The third-order valence-electron chi connectivity index (χ3n) is 3.39. The van der Waals surface area contributed by atoms with E-state index in [0.29, 0.717) is 31.7 Å².